The average Bonchev–Trinajstić information content (AvgIpc) is 2.72. The molecular weight excluding hydrogens is 397 g/mol. The minimum atomic E-state index is -0.612. The number of nitrogens with zero attached hydrogens (tertiary/aromatic N) is 2. The summed E-state index contributed by atoms with van der Waals surface area (Å²) in [6, 6.07) is 14.0. The maximum atomic E-state index is 13.6. The van der Waals surface area contributed by atoms with E-state index in [2.05, 4.69) is 4.98 Å². The third-order valence-electron chi connectivity index (χ3n) is 4.28. The molecule has 1 heterocycles. The zero-order valence-electron chi connectivity index (χ0n) is 15.4. The van der Waals surface area contributed by atoms with Crippen molar-refractivity contribution in [3.05, 3.63) is 76.7 Å². The molecule has 0 saturated heterocycles. The summed E-state index contributed by atoms with van der Waals surface area (Å²) in [7, 11) is 1.45. The van der Waals surface area contributed by atoms with Crippen LogP contribution in [-0.2, 0) is 11.3 Å². The van der Waals surface area contributed by atoms with Gasteiger partial charge in [-0.3, -0.25) is 9.59 Å². The fourth-order valence-corrected chi connectivity index (χ4v) is 3.03. The molecule has 1 aromatic heterocycles. The Morgan fingerprint density at radius 1 is 1.21 bits per heavy atom. The van der Waals surface area contributed by atoms with E-state index in [-0.39, 0.29) is 17.3 Å². The number of halogens is 2. The van der Waals surface area contributed by atoms with Crippen LogP contribution in [0, 0.1) is 5.82 Å². The highest BCUT2D eigenvalue weighted by Gasteiger charge is 2.15. The van der Waals surface area contributed by atoms with Gasteiger partial charge in [-0.15, -0.1) is 0 Å². The lowest BCUT2D eigenvalue weighted by molar-refractivity contribution is -0.107. The number of hydrogen-bond donors (Lipinski definition) is 1. The summed E-state index contributed by atoms with van der Waals surface area (Å²) >= 11 is 5.95. The van der Waals surface area contributed by atoms with Gasteiger partial charge in [0.2, 0.25) is 6.41 Å². The van der Waals surface area contributed by atoms with Gasteiger partial charge in [-0.2, -0.15) is 0 Å². The van der Waals surface area contributed by atoms with Gasteiger partial charge in [0.15, 0.2) is 0 Å². The Hall–Kier alpha value is -3.45. The Kier molecular flexibility index (Phi) is 6.09. The van der Waals surface area contributed by atoms with E-state index in [9.17, 15) is 14.0 Å². The molecular formula is C21H17ClFN3O3. The average molecular weight is 414 g/mol. The number of carbonyl (C=O) groups is 2. The Labute approximate surface area is 171 Å². The van der Waals surface area contributed by atoms with Crippen molar-refractivity contribution in [1.29, 1.82) is 0 Å². The van der Waals surface area contributed by atoms with Crippen molar-refractivity contribution in [2.45, 2.75) is 6.54 Å². The molecule has 0 unspecified atom stereocenters. The van der Waals surface area contributed by atoms with E-state index in [1.807, 2.05) is 0 Å². The summed E-state index contributed by atoms with van der Waals surface area (Å²) in [5.74, 6) is -0.711. The van der Waals surface area contributed by atoms with Gasteiger partial charge in [0.1, 0.15) is 16.7 Å². The van der Waals surface area contributed by atoms with Gasteiger partial charge in [0.25, 0.3) is 5.91 Å². The van der Waals surface area contributed by atoms with Gasteiger partial charge >= 0.3 is 0 Å². The monoisotopic (exact) mass is 413 g/mol. The van der Waals surface area contributed by atoms with Crippen LogP contribution in [0.1, 0.15) is 15.9 Å². The number of anilines is 1. The van der Waals surface area contributed by atoms with Crippen LogP contribution in [-0.4, -0.2) is 24.4 Å². The quantitative estimate of drug-likeness (QED) is 0.471. The first kappa shape index (κ1) is 20.3. The van der Waals surface area contributed by atoms with Gasteiger partial charge in [-0.25, -0.2) is 9.37 Å². The minimum absolute atomic E-state index is 0.190. The number of hydrogen-bond acceptors (Lipinski definition) is 4. The van der Waals surface area contributed by atoms with Crippen molar-refractivity contribution < 1.29 is 18.7 Å². The van der Waals surface area contributed by atoms with E-state index < -0.39 is 11.7 Å². The van der Waals surface area contributed by atoms with E-state index in [4.69, 9.17) is 22.1 Å². The number of ether oxygens (including phenoxy) is 1. The summed E-state index contributed by atoms with van der Waals surface area (Å²) in [4.78, 5) is 28.8. The molecule has 2 N–H and O–H groups in total. The zero-order chi connectivity index (χ0) is 21.0. The second-order valence-corrected chi connectivity index (χ2v) is 6.53. The molecule has 3 rings (SSSR count). The molecule has 2 aromatic carbocycles. The number of carbonyl (C=O) groups excluding carboxylic acids is 2. The molecule has 2 amide bonds. The van der Waals surface area contributed by atoms with Crippen LogP contribution in [0.2, 0.25) is 5.15 Å². The Balaban J connectivity index is 1.90. The molecule has 148 valence electrons. The highest BCUT2D eigenvalue weighted by molar-refractivity contribution is 6.29. The van der Waals surface area contributed by atoms with Crippen molar-refractivity contribution >= 4 is 29.6 Å². The molecule has 0 spiro atoms. The fourth-order valence-electron chi connectivity index (χ4n) is 2.89. The molecule has 0 atom stereocenters. The highest BCUT2D eigenvalue weighted by Crippen LogP contribution is 2.30. The Morgan fingerprint density at radius 3 is 2.55 bits per heavy atom. The standard InChI is InChI=1S/C21H17ClFN3O3/c1-29-18-8-6-15(23)10-17(18)26(12-27)11-13-2-4-14(5-3-13)20-16(21(24)28)7-9-19(22)25-20/h2-10,12H,11H2,1H3,(H2,24,28). The summed E-state index contributed by atoms with van der Waals surface area (Å²) in [5, 5.41) is 0.236. The normalized spacial score (nSPS) is 10.4. The van der Waals surface area contributed by atoms with Crippen LogP contribution in [0.5, 0.6) is 5.75 Å². The maximum absolute atomic E-state index is 13.6. The number of aromatic nitrogens is 1. The van der Waals surface area contributed by atoms with Crippen molar-refractivity contribution in [2.24, 2.45) is 5.73 Å². The summed E-state index contributed by atoms with van der Waals surface area (Å²) in [5.41, 5.74) is 7.77. The van der Waals surface area contributed by atoms with E-state index in [0.29, 0.717) is 29.1 Å². The molecule has 0 aliphatic rings. The van der Waals surface area contributed by atoms with Crippen molar-refractivity contribution in [3.8, 4) is 17.0 Å². The van der Waals surface area contributed by atoms with E-state index in [1.54, 1.807) is 24.3 Å². The van der Waals surface area contributed by atoms with Crippen LogP contribution >= 0.6 is 11.6 Å². The molecule has 0 bridgehead atoms. The molecule has 29 heavy (non-hydrogen) atoms. The van der Waals surface area contributed by atoms with Gasteiger partial charge in [0, 0.05) is 11.6 Å². The number of methoxy groups -OCH3 is 1. The molecule has 0 radical (unpaired) electrons. The number of amides is 2. The second-order valence-electron chi connectivity index (χ2n) is 6.14. The van der Waals surface area contributed by atoms with Crippen molar-refractivity contribution in [1.82, 2.24) is 4.98 Å². The predicted octanol–water partition coefficient (Wildman–Crippen LogP) is 3.81. The smallest absolute Gasteiger partial charge is 0.250 e. The van der Waals surface area contributed by atoms with Gasteiger partial charge in [0.05, 0.1) is 30.6 Å². The molecule has 8 heteroatoms. The molecule has 6 nitrogen and oxygen atoms in total. The molecule has 0 fully saturated rings. The van der Waals surface area contributed by atoms with Crippen LogP contribution in [0.3, 0.4) is 0 Å². The summed E-state index contributed by atoms with van der Waals surface area (Å²) < 4.78 is 18.9. The number of benzene rings is 2. The lowest BCUT2D eigenvalue weighted by atomic mass is 10.0. The van der Waals surface area contributed by atoms with Gasteiger partial charge < -0.3 is 15.4 Å². The molecule has 3 aromatic rings. The highest BCUT2D eigenvalue weighted by atomic mass is 35.5. The number of primary amides is 1. The third-order valence-corrected chi connectivity index (χ3v) is 4.50. The van der Waals surface area contributed by atoms with E-state index in [1.165, 1.54) is 42.3 Å². The molecule has 0 saturated carbocycles. The Bertz CT molecular complexity index is 1060. The Morgan fingerprint density at radius 2 is 1.93 bits per heavy atom. The summed E-state index contributed by atoms with van der Waals surface area (Å²) in [6.45, 7) is 0.190. The number of nitrogens with two attached hydrogens (primary N) is 1. The van der Waals surface area contributed by atoms with Crippen LogP contribution in [0.15, 0.2) is 54.6 Å². The first-order valence-corrected chi connectivity index (χ1v) is 8.92. The second kappa shape index (κ2) is 8.70. The molecule has 0 aliphatic carbocycles. The first-order chi connectivity index (χ1) is 13.9. The van der Waals surface area contributed by atoms with Crippen LogP contribution in [0.4, 0.5) is 10.1 Å². The SMILES string of the molecule is COc1ccc(F)cc1N(C=O)Cc1ccc(-c2nc(Cl)ccc2C(N)=O)cc1. The largest absolute Gasteiger partial charge is 0.495 e. The van der Waals surface area contributed by atoms with E-state index >= 15 is 0 Å². The zero-order valence-corrected chi connectivity index (χ0v) is 16.2. The minimum Gasteiger partial charge on any atom is -0.495 e. The van der Waals surface area contributed by atoms with Crippen molar-refractivity contribution in [2.75, 3.05) is 12.0 Å². The van der Waals surface area contributed by atoms with Crippen LogP contribution in [0.25, 0.3) is 11.3 Å². The lowest BCUT2D eigenvalue weighted by Crippen LogP contribution is -2.21. The number of pyridine rings is 1. The first-order valence-electron chi connectivity index (χ1n) is 8.54. The number of rotatable bonds is 7. The topological polar surface area (TPSA) is 85.5 Å². The lowest BCUT2D eigenvalue weighted by Gasteiger charge is -2.20. The van der Waals surface area contributed by atoms with E-state index in [0.717, 1.165) is 5.56 Å². The fraction of sp³-hybridized carbons (Fsp3) is 0.0952. The van der Waals surface area contributed by atoms with Gasteiger partial charge in [-0.1, -0.05) is 35.9 Å². The van der Waals surface area contributed by atoms with Crippen LogP contribution < -0.4 is 15.4 Å². The van der Waals surface area contributed by atoms with Crippen molar-refractivity contribution in [3.63, 3.8) is 0 Å². The third kappa shape index (κ3) is 4.52. The molecule has 0 aliphatic heterocycles. The maximum Gasteiger partial charge on any atom is 0.250 e. The summed E-state index contributed by atoms with van der Waals surface area (Å²) in [6.07, 6.45) is 0.606. The van der Waals surface area contributed by atoms with Gasteiger partial charge in [-0.05, 0) is 29.8 Å². The predicted molar refractivity (Wildman–Crippen MR) is 108 cm³/mol.